The fraction of sp³-hybridized carbons (Fsp3) is 1.00. The van der Waals surface area contributed by atoms with Crippen LogP contribution >= 0.6 is 0 Å². The fourth-order valence-electron chi connectivity index (χ4n) is 0. The molecular formula is C2HF5Li. The van der Waals surface area contributed by atoms with E-state index in [0.29, 0.717) is 0 Å². The topological polar surface area (TPSA) is 0 Å². The monoisotopic (exact) mass is 127 g/mol. The largest absolute Gasteiger partial charge is 0.450 e. The summed E-state index contributed by atoms with van der Waals surface area (Å²) in [7, 11) is 0. The standard InChI is InChI=1S/C2HF5.Li/c3-1(4)2(5,6)7;/h1H;. The second kappa shape index (κ2) is 3.31. The third-order valence-electron chi connectivity index (χ3n) is 0.247. The molecule has 0 amide bonds. The molecule has 0 rings (SSSR count). The molecule has 0 fully saturated rings. The van der Waals surface area contributed by atoms with Gasteiger partial charge in [-0.1, -0.05) is 0 Å². The minimum Gasteiger partial charge on any atom is -0.200 e. The van der Waals surface area contributed by atoms with Gasteiger partial charge in [0.15, 0.2) is 0 Å². The number of hydrogen-bond acceptors (Lipinski definition) is 0. The van der Waals surface area contributed by atoms with E-state index in [1.165, 1.54) is 0 Å². The van der Waals surface area contributed by atoms with Gasteiger partial charge in [-0.05, 0) is 0 Å². The summed E-state index contributed by atoms with van der Waals surface area (Å²) >= 11 is 0. The van der Waals surface area contributed by atoms with Gasteiger partial charge in [-0.25, -0.2) is 8.78 Å². The number of halogens is 5. The molecule has 0 aliphatic carbocycles. The maximum Gasteiger partial charge on any atom is 0.450 e. The summed E-state index contributed by atoms with van der Waals surface area (Å²) in [6.45, 7) is 0. The van der Waals surface area contributed by atoms with Crippen LogP contribution in [0.15, 0.2) is 0 Å². The van der Waals surface area contributed by atoms with Crippen molar-refractivity contribution in [3.8, 4) is 0 Å². The van der Waals surface area contributed by atoms with E-state index in [0.717, 1.165) is 0 Å². The maximum absolute atomic E-state index is 10.4. The summed E-state index contributed by atoms with van der Waals surface area (Å²) in [5.41, 5.74) is 0. The first-order valence-corrected chi connectivity index (χ1v) is 1.29. The minimum atomic E-state index is -5.33. The van der Waals surface area contributed by atoms with E-state index in [-0.39, 0.29) is 18.9 Å². The molecule has 0 atom stereocenters. The van der Waals surface area contributed by atoms with Crippen LogP contribution in [0.1, 0.15) is 0 Å². The van der Waals surface area contributed by atoms with Crippen molar-refractivity contribution in [2.45, 2.75) is 12.6 Å². The van der Waals surface area contributed by atoms with Gasteiger partial charge in [0, 0.05) is 18.9 Å². The first-order chi connectivity index (χ1) is 2.94. The van der Waals surface area contributed by atoms with Crippen LogP contribution in [0.4, 0.5) is 22.0 Å². The van der Waals surface area contributed by atoms with Crippen molar-refractivity contribution in [3.05, 3.63) is 0 Å². The second-order valence-electron chi connectivity index (χ2n) is 0.842. The molecule has 1 radical (unpaired) electrons. The van der Waals surface area contributed by atoms with Gasteiger partial charge >= 0.3 is 12.6 Å². The summed E-state index contributed by atoms with van der Waals surface area (Å²) in [4.78, 5) is 0. The Morgan fingerprint density at radius 1 is 1.00 bits per heavy atom. The van der Waals surface area contributed by atoms with Crippen molar-refractivity contribution in [3.63, 3.8) is 0 Å². The molecule has 0 spiro atoms. The second-order valence-corrected chi connectivity index (χ2v) is 0.842. The normalized spacial score (nSPS) is 11.2. The molecule has 0 aliphatic heterocycles. The number of alkyl halides is 5. The number of rotatable bonds is 0. The van der Waals surface area contributed by atoms with E-state index in [1.807, 2.05) is 0 Å². The molecular weight excluding hydrogens is 126 g/mol. The van der Waals surface area contributed by atoms with Gasteiger partial charge in [-0.15, -0.1) is 0 Å². The van der Waals surface area contributed by atoms with Gasteiger partial charge in [0.05, 0.1) is 0 Å². The molecule has 0 heterocycles. The minimum absolute atomic E-state index is 0. The smallest absolute Gasteiger partial charge is 0.200 e. The molecule has 0 saturated carbocycles. The zero-order chi connectivity index (χ0) is 6.08. The van der Waals surface area contributed by atoms with E-state index in [2.05, 4.69) is 0 Å². The van der Waals surface area contributed by atoms with Crippen molar-refractivity contribution in [2.75, 3.05) is 0 Å². The quantitative estimate of drug-likeness (QED) is 0.341. The molecule has 0 aromatic rings. The summed E-state index contributed by atoms with van der Waals surface area (Å²) in [5, 5.41) is 0. The van der Waals surface area contributed by atoms with E-state index in [1.54, 1.807) is 0 Å². The van der Waals surface area contributed by atoms with Crippen molar-refractivity contribution in [1.82, 2.24) is 0 Å². The van der Waals surface area contributed by atoms with Crippen molar-refractivity contribution < 1.29 is 22.0 Å². The van der Waals surface area contributed by atoms with Gasteiger partial charge in [-0.3, -0.25) is 0 Å². The van der Waals surface area contributed by atoms with Crippen LogP contribution in [0.3, 0.4) is 0 Å². The molecule has 0 unspecified atom stereocenters. The molecule has 0 aromatic heterocycles. The number of hydrogen-bond donors (Lipinski definition) is 0. The molecule has 6 heteroatoms. The van der Waals surface area contributed by atoms with E-state index in [4.69, 9.17) is 0 Å². The maximum atomic E-state index is 10.4. The average molecular weight is 127 g/mol. The Kier molecular flexibility index (Phi) is 4.59. The Labute approximate surface area is 54.2 Å². The van der Waals surface area contributed by atoms with Gasteiger partial charge in [0.1, 0.15) is 0 Å². The van der Waals surface area contributed by atoms with E-state index < -0.39 is 12.6 Å². The third kappa shape index (κ3) is 4.41. The summed E-state index contributed by atoms with van der Waals surface area (Å²) in [6.07, 6.45) is -9.53. The van der Waals surface area contributed by atoms with E-state index >= 15 is 0 Å². The van der Waals surface area contributed by atoms with Gasteiger partial charge in [0.2, 0.25) is 0 Å². The molecule has 0 aromatic carbocycles. The van der Waals surface area contributed by atoms with Gasteiger partial charge in [-0.2, -0.15) is 13.2 Å². The van der Waals surface area contributed by atoms with Crippen LogP contribution < -0.4 is 0 Å². The first-order valence-electron chi connectivity index (χ1n) is 1.29. The zero-order valence-electron chi connectivity index (χ0n) is 3.97. The Balaban J connectivity index is 0. The molecule has 0 bridgehead atoms. The molecule has 45 valence electrons. The van der Waals surface area contributed by atoms with E-state index in [9.17, 15) is 22.0 Å². The van der Waals surface area contributed by atoms with Crippen molar-refractivity contribution in [2.24, 2.45) is 0 Å². The Morgan fingerprint density at radius 3 is 1.12 bits per heavy atom. The summed E-state index contributed by atoms with van der Waals surface area (Å²) in [5.74, 6) is 0. The predicted molar refractivity (Wildman–Crippen MR) is 17.8 cm³/mol. The van der Waals surface area contributed by atoms with Crippen LogP contribution in [0.2, 0.25) is 0 Å². The Morgan fingerprint density at radius 2 is 1.12 bits per heavy atom. The van der Waals surface area contributed by atoms with Crippen LogP contribution in [-0.4, -0.2) is 31.5 Å². The average Bonchev–Trinajstić information content (AvgIpc) is 1.31. The molecule has 0 saturated heterocycles. The first kappa shape index (κ1) is 11.1. The van der Waals surface area contributed by atoms with Crippen LogP contribution in [0.5, 0.6) is 0 Å². The molecule has 0 nitrogen and oxygen atoms in total. The molecule has 8 heavy (non-hydrogen) atoms. The van der Waals surface area contributed by atoms with Gasteiger partial charge in [0.25, 0.3) is 0 Å². The Bertz CT molecular complexity index is 55.9. The predicted octanol–water partition coefficient (Wildman–Crippen LogP) is 1.43. The van der Waals surface area contributed by atoms with Gasteiger partial charge < -0.3 is 0 Å². The van der Waals surface area contributed by atoms with Crippen molar-refractivity contribution >= 4 is 18.9 Å². The molecule has 0 aliphatic rings. The summed E-state index contributed by atoms with van der Waals surface area (Å²) < 4.78 is 52.1. The zero-order valence-corrected chi connectivity index (χ0v) is 3.97. The molecule has 0 N–H and O–H groups in total. The SMILES string of the molecule is FC(F)C(F)(F)F.[Li]. The third-order valence-corrected chi connectivity index (χ3v) is 0.247. The Hall–Kier alpha value is 0.247. The van der Waals surface area contributed by atoms with Crippen LogP contribution in [0.25, 0.3) is 0 Å². The van der Waals surface area contributed by atoms with Crippen LogP contribution in [0, 0.1) is 0 Å². The summed E-state index contributed by atoms with van der Waals surface area (Å²) in [6, 6.07) is 0. The van der Waals surface area contributed by atoms with Crippen molar-refractivity contribution in [1.29, 1.82) is 0 Å². The van der Waals surface area contributed by atoms with Crippen LogP contribution in [-0.2, 0) is 0 Å². The fourth-order valence-corrected chi connectivity index (χ4v) is 0.